The fourth-order valence-corrected chi connectivity index (χ4v) is 2.94. The second-order valence-corrected chi connectivity index (χ2v) is 6.21. The first kappa shape index (κ1) is 16.6. The van der Waals surface area contributed by atoms with E-state index < -0.39 is 12.0 Å². The summed E-state index contributed by atoms with van der Waals surface area (Å²) in [5, 5.41) is 5.44. The molecule has 130 valence electrons. The van der Waals surface area contributed by atoms with Crippen molar-refractivity contribution in [3.8, 4) is 0 Å². The average molecular weight is 338 g/mol. The molecule has 1 fully saturated rings. The number of fused-ring (bicyclic) bond motifs is 1. The van der Waals surface area contributed by atoms with Crippen LogP contribution in [0.15, 0.2) is 18.5 Å². The lowest BCUT2D eigenvalue weighted by molar-refractivity contribution is -0.0211. The number of likely N-dealkylation sites (tertiary alicyclic amines) is 1. The number of hydrogen-bond acceptors (Lipinski definition) is 4. The molecule has 9 heteroatoms. The standard InChI is InChI=1S/C15H20F2N6O/c1-15(16,17)9-23-6-2-3-10(8-23)20-14(24)22-12-7-19-13-11(21-12)4-5-18-13/h4-5,7,10H,2-3,6,8-9H2,1H3,(H,18,19)(H2,20,21,22,24). The molecule has 3 heterocycles. The molecule has 2 aromatic rings. The molecule has 1 aliphatic rings. The number of aromatic amines is 1. The largest absolute Gasteiger partial charge is 0.345 e. The number of urea groups is 1. The number of alkyl halides is 2. The van der Waals surface area contributed by atoms with E-state index in [1.54, 1.807) is 17.2 Å². The number of amides is 2. The van der Waals surface area contributed by atoms with Crippen LogP contribution in [-0.4, -0.2) is 57.5 Å². The van der Waals surface area contributed by atoms with Crippen LogP contribution in [0.3, 0.4) is 0 Å². The molecule has 3 N–H and O–H groups in total. The van der Waals surface area contributed by atoms with Gasteiger partial charge in [-0.1, -0.05) is 0 Å². The zero-order valence-electron chi connectivity index (χ0n) is 13.4. The van der Waals surface area contributed by atoms with Gasteiger partial charge in [0.2, 0.25) is 0 Å². The van der Waals surface area contributed by atoms with Crippen molar-refractivity contribution in [2.75, 3.05) is 25.0 Å². The Labute approximate surface area is 137 Å². The number of rotatable bonds is 4. The Balaban J connectivity index is 1.54. The Morgan fingerprint density at radius 3 is 3.17 bits per heavy atom. The van der Waals surface area contributed by atoms with Crippen molar-refractivity contribution in [2.24, 2.45) is 0 Å². The maximum Gasteiger partial charge on any atom is 0.320 e. The van der Waals surface area contributed by atoms with E-state index >= 15 is 0 Å². The molecule has 0 radical (unpaired) electrons. The minimum Gasteiger partial charge on any atom is -0.345 e. The number of nitrogens with one attached hydrogen (secondary N) is 3. The maximum absolute atomic E-state index is 13.1. The van der Waals surface area contributed by atoms with Gasteiger partial charge in [0.1, 0.15) is 5.52 Å². The first-order chi connectivity index (χ1) is 11.4. The molecule has 3 rings (SSSR count). The van der Waals surface area contributed by atoms with E-state index in [1.807, 2.05) is 0 Å². The van der Waals surface area contributed by atoms with E-state index in [-0.39, 0.29) is 12.6 Å². The number of carbonyl (C=O) groups excluding carboxylic acids is 1. The molecule has 1 aliphatic heterocycles. The van der Waals surface area contributed by atoms with Gasteiger partial charge in [-0.25, -0.2) is 23.5 Å². The molecule has 0 bridgehead atoms. The summed E-state index contributed by atoms with van der Waals surface area (Å²) in [7, 11) is 0. The molecule has 1 unspecified atom stereocenters. The molecule has 2 aromatic heterocycles. The first-order valence-electron chi connectivity index (χ1n) is 7.87. The Morgan fingerprint density at radius 1 is 1.54 bits per heavy atom. The van der Waals surface area contributed by atoms with Crippen molar-refractivity contribution in [2.45, 2.75) is 31.7 Å². The molecule has 0 aromatic carbocycles. The summed E-state index contributed by atoms with van der Waals surface area (Å²) in [5.41, 5.74) is 1.30. The third-order valence-electron chi connectivity index (χ3n) is 3.84. The van der Waals surface area contributed by atoms with Crippen LogP contribution in [0.25, 0.3) is 11.2 Å². The monoisotopic (exact) mass is 338 g/mol. The van der Waals surface area contributed by atoms with E-state index in [0.29, 0.717) is 30.1 Å². The highest BCUT2D eigenvalue weighted by atomic mass is 19.3. The van der Waals surface area contributed by atoms with Crippen molar-refractivity contribution in [3.05, 3.63) is 18.5 Å². The van der Waals surface area contributed by atoms with E-state index in [1.165, 1.54) is 6.20 Å². The number of anilines is 1. The topological polar surface area (TPSA) is 85.9 Å². The number of aromatic nitrogens is 3. The van der Waals surface area contributed by atoms with Gasteiger partial charge in [-0.15, -0.1) is 0 Å². The van der Waals surface area contributed by atoms with Gasteiger partial charge in [-0.3, -0.25) is 10.2 Å². The van der Waals surface area contributed by atoms with Crippen molar-refractivity contribution >= 4 is 23.0 Å². The predicted molar refractivity (Wildman–Crippen MR) is 86.1 cm³/mol. The number of carbonyl (C=O) groups is 1. The fraction of sp³-hybridized carbons (Fsp3) is 0.533. The quantitative estimate of drug-likeness (QED) is 0.798. The number of H-pyrrole nitrogens is 1. The molecular formula is C15H20F2N6O. The SMILES string of the molecule is CC(F)(F)CN1CCCC(NC(=O)Nc2cnc3[nH]ccc3n2)C1. The minimum absolute atomic E-state index is 0.162. The lowest BCUT2D eigenvalue weighted by Crippen LogP contribution is -2.51. The third kappa shape index (κ3) is 4.38. The van der Waals surface area contributed by atoms with Gasteiger partial charge in [-0.05, 0) is 25.5 Å². The van der Waals surface area contributed by atoms with Gasteiger partial charge in [0.05, 0.1) is 12.7 Å². The molecule has 0 aliphatic carbocycles. The fourth-order valence-electron chi connectivity index (χ4n) is 2.94. The van der Waals surface area contributed by atoms with Crippen LogP contribution in [0.2, 0.25) is 0 Å². The van der Waals surface area contributed by atoms with Crippen LogP contribution in [0.5, 0.6) is 0 Å². The van der Waals surface area contributed by atoms with E-state index in [0.717, 1.165) is 19.8 Å². The minimum atomic E-state index is -2.73. The van der Waals surface area contributed by atoms with Gasteiger partial charge in [0.25, 0.3) is 5.92 Å². The summed E-state index contributed by atoms with van der Waals surface area (Å²) < 4.78 is 26.3. The highest BCUT2D eigenvalue weighted by molar-refractivity contribution is 5.89. The summed E-state index contributed by atoms with van der Waals surface area (Å²) in [6, 6.07) is 1.19. The third-order valence-corrected chi connectivity index (χ3v) is 3.84. The summed E-state index contributed by atoms with van der Waals surface area (Å²) in [6.07, 6.45) is 4.72. The Morgan fingerprint density at radius 2 is 2.38 bits per heavy atom. The smallest absolute Gasteiger partial charge is 0.320 e. The summed E-state index contributed by atoms with van der Waals surface area (Å²) in [4.78, 5) is 25.1. The molecule has 0 saturated carbocycles. The Kier molecular flexibility index (Phi) is 4.61. The molecule has 7 nitrogen and oxygen atoms in total. The van der Waals surface area contributed by atoms with Crippen LogP contribution >= 0.6 is 0 Å². The van der Waals surface area contributed by atoms with Gasteiger partial charge in [-0.2, -0.15) is 0 Å². The Hall–Kier alpha value is -2.29. The number of nitrogens with zero attached hydrogens (tertiary/aromatic N) is 3. The zero-order chi connectivity index (χ0) is 17.2. The van der Waals surface area contributed by atoms with Gasteiger partial charge >= 0.3 is 6.03 Å². The van der Waals surface area contributed by atoms with Crippen molar-refractivity contribution in [1.82, 2.24) is 25.2 Å². The molecule has 24 heavy (non-hydrogen) atoms. The molecular weight excluding hydrogens is 318 g/mol. The summed E-state index contributed by atoms with van der Waals surface area (Å²) >= 11 is 0. The normalized spacial score (nSPS) is 19.4. The second kappa shape index (κ2) is 6.68. The number of piperidine rings is 1. The summed E-state index contributed by atoms with van der Waals surface area (Å²) in [5.74, 6) is -2.39. The summed E-state index contributed by atoms with van der Waals surface area (Å²) in [6.45, 7) is 1.66. The highest BCUT2D eigenvalue weighted by Crippen LogP contribution is 2.18. The lowest BCUT2D eigenvalue weighted by atomic mass is 10.1. The number of halogens is 2. The van der Waals surface area contributed by atoms with E-state index in [9.17, 15) is 13.6 Å². The van der Waals surface area contributed by atoms with Crippen LogP contribution in [0.1, 0.15) is 19.8 Å². The molecule has 1 atom stereocenters. The van der Waals surface area contributed by atoms with Crippen LogP contribution in [0, 0.1) is 0 Å². The lowest BCUT2D eigenvalue weighted by Gasteiger charge is -2.34. The van der Waals surface area contributed by atoms with Crippen LogP contribution in [0.4, 0.5) is 19.4 Å². The van der Waals surface area contributed by atoms with Crippen molar-refractivity contribution < 1.29 is 13.6 Å². The zero-order valence-corrected chi connectivity index (χ0v) is 13.4. The molecule has 2 amide bonds. The maximum atomic E-state index is 13.1. The van der Waals surface area contributed by atoms with Crippen LogP contribution in [-0.2, 0) is 0 Å². The van der Waals surface area contributed by atoms with E-state index in [2.05, 4.69) is 25.6 Å². The number of hydrogen-bond donors (Lipinski definition) is 3. The predicted octanol–water partition coefficient (Wildman–Crippen LogP) is 2.20. The average Bonchev–Trinajstić information content (AvgIpc) is 2.93. The highest BCUT2D eigenvalue weighted by Gasteiger charge is 2.29. The van der Waals surface area contributed by atoms with Crippen molar-refractivity contribution in [1.29, 1.82) is 0 Å². The molecule has 0 spiro atoms. The first-order valence-corrected chi connectivity index (χ1v) is 7.87. The second-order valence-electron chi connectivity index (χ2n) is 6.21. The molecule has 1 saturated heterocycles. The van der Waals surface area contributed by atoms with E-state index in [4.69, 9.17) is 0 Å². The van der Waals surface area contributed by atoms with Gasteiger partial charge in [0.15, 0.2) is 11.5 Å². The Bertz CT molecular complexity index is 713. The van der Waals surface area contributed by atoms with Gasteiger partial charge < -0.3 is 10.3 Å². The van der Waals surface area contributed by atoms with Crippen LogP contribution < -0.4 is 10.6 Å². The van der Waals surface area contributed by atoms with Gasteiger partial charge in [0, 0.05) is 25.7 Å². The van der Waals surface area contributed by atoms with Crippen molar-refractivity contribution in [3.63, 3.8) is 0 Å².